The summed E-state index contributed by atoms with van der Waals surface area (Å²) in [5.74, 6) is -0.376. The average Bonchev–Trinajstić information content (AvgIpc) is 2.44. The maximum absolute atomic E-state index is 11.3. The van der Waals surface area contributed by atoms with Crippen molar-refractivity contribution in [1.82, 2.24) is 5.32 Å². The number of carbonyl (C=O) groups is 1. The van der Waals surface area contributed by atoms with E-state index in [1.54, 1.807) is 6.92 Å². The van der Waals surface area contributed by atoms with E-state index in [-0.39, 0.29) is 5.97 Å². The van der Waals surface area contributed by atoms with Gasteiger partial charge >= 0.3 is 5.97 Å². The molecule has 0 bridgehead atoms. The highest BCUT2D eigenvalue weighted by Crippen LogP contribution is 2.10. The van der Waals surface area contributed by atoms with Crippen LogP contribution in [0.4, 0.5) is 5.69 Å². The highest BCUT2D eigenvalue weighted by molar-refractivity contribution is 5.86. The van der Waals surface area contributed by atoms with Crippen molar-refractivity contribution in [2.45, 2.75) is 13.3 Å². The van der Waals surface area contributed by atoms with E-state index in [1.807, 2.05) is 18.2 Å². The van der Waals surface area contributed by atoms with E-state index in [1.165, 1.54) is 5.69 Å². The summed E-state index contributed by atoms with van der Waals surface area (Å²) in [6.45, 7) is 7.41. The van der Waals surface area contributed by atoms with E-state index in [4.69, 9.17) is 4.74 Å². The Morgan fingerprint density at radius 1 is 1.37 bits per heavy atom. The van der Waals surface area contributed by atoms with Crippen LogP contribution in [-0.2, 0) is 9.53 Å². The minimum Gasteiger partial charge on any atom is -0.461 e. The molecule has 0 radical (unpaired) electrons. The van der Waals surface area contributed by atoms with Gasteiger partial charge in [-0.2, -0.15) is 0 Å². The molecule has 104 valence electrons. The van der Waals surface area contributed by atoms with Crippen LogP contribution in [0.1, 0.15) is 13.3 Å². The zero-order chi connectivity index (χ0) is 14.1. The normalized spacial score (nSPS) is 9.79. The average molecular weight is 262 g/mol. The van der Waals surface area contributed by atoms with Crippen LogP contribution in [0, 0.1) is 0 Å². The molecule has 4 nitrogen and oxygen atoms in total. The first-order valence-corrected chi connectivity index (χ1v) is 6.51. The van der Waals surface area contributed by atoms with Crippen LogP contribution in [0.15, 0.2) is 42.6 Å². The topological polar surface area (TPSA) is 41.6 Å². The zero-order valence-electron chi connectivity index (χ0n) is 11.7. The summed E-state index contributed by atoms with van der Waals surface area (Å²) < 4.78 is 4.84. The van der Waals surface area contributed by atoms with Crippen molar-refractivity contribution in [3.05, 3.63) is 42.6 Å². The van der Waals surface area contributed by atoms with Gasteiger partial charge in [0.2, 0.25) is 0 Å². The molecule has 0 aromatic heterocycles. The second kappa shape index (κ2) is 8.19. The zero-order valence-corrected chi connectivity index (χ0v) is 11.7. The van der Waals surface area contributed by atoms with Gasteiger partial charge in [0, 0.05) is 25.8 Å². The van der Waals surface area contributed by atoms with Gasteiger partial charge in [0.1, 0.15) is 5.70 Å². The van der Waals surface area contributed by atoms with E-state index >= 15 is 0 Å². The molecule has 19 heavy (non-hydrogen) atoms. The van der Waals surface area contributed by atoms with Gasteiger partial charge in [0.05, 0.1) is 6.61 Å². The highest BCUT2D eigenvalue weighted by atomic mass is 16.5. The van der Waals surface area contributed by atoms with Gasteiger partial charge in [-0.15, -0.1) is 0 Å². The quantitative estimate of drug-likeness (QED) is 0.443. The van der Waals surface area contributed by atoms with Crippen LogP contribution in [-0.4, -0.2) is 32.7 Å². The van der Waals surface area contributed by atoms with Crippen molar-refractivity contribution in [2.75, 3.05) is 31.6 Å². The number of anilines is 1. The fourth-order valence-electron chi connectivity index (χ4n) is 1.66. The number of rotatable bonds is 8. The van der Waals surface area contributed by atoms with Crippen LogP contribution in [0.3, 0.4) is 0 Å². The summed E-state index contributed by atoms with van der Waals surface area (Å²) in [6, 6.07) is 10.2. The molecule has 0 saturated carbocycles. The summed E-state index contributed by atoms with van der Waals surface area (Å²) in [7, 11) is 2.05. The lowest BCUT2D eigenvalue weighted by Crippen LogP contribution is -2.26. The number of benzene rings is 1. The van der Waals surface area contributed by atoms with Crippen molar-refractivity contribution in [3.8, 4) is 0 Å². The molecule has 4 heteroatoms. The Morgan fingerprint density at radius 2 is 2.05 bits per heavy atom. The minimum absolute atomic E-state index is 0.323. The number of nitrogens with zero attached hydrogens (tertiary/aromatic N) is 1. The third kappa shape index (κ3) is 5.46. The van der Waals surface area contributed by atoms with Crippen molar-refractivity contribution in [2.24, 2.45) is 0 Å². The molecule has 0 amide bonds. The second-order valence-corrected chi connectivity index (χ2v) is 4.24. The van der Waals surface area contributed by atoms with Crippen molar-refractivity contribution in [3.63, 3.8) is 0 Å². The molecule has 0 heterocycles. The smallest absolute Gasteiger partial charge is 0.353 e. The molecule has 0 aliphatic rings. The Bertz CT molecular complexity index is 404. The van der Waals surface area contributed by atoms with Gasteiger partial charge < -0.3 is 15.0 Å². The number of esters is 1. The monoisotopic (exact) mass is 262 g/mol. The lowest BCUT2D eigenvalue weighted by molar-refractivity contribution is -0.138. The van der Waals surface area contributed by atoms with Crippen LogP contribution in [0.25, 0.3) is 0 Å². The number of ether oxygens (including phenoxy) is 1. The Kier molecular flexibility index (Phi) is 6.50. The summed E-state index contributed by atoms with van der Waals surface area (Å²) in [6.07, 6.45) is 0.920. The summed E-state index contributed by atoms with van der Waals surface area (Å²) >= 11 is 0. The summed E-state index contributed by atoms with van der Waals surface area (Å²) in [5.41, 5.74) is 1.51. The number of para-hydroxylation sites is 1. The number of carbonyl (C=O) groups excluding carboxylic acids is 1. The van der Waals surface area contributed by atoms with Gasteiger partial charge in [-0.25, -0.2) is 4.79 Å². The third-order valence-electron chi connectivity index (χ3n) is 2.73. The van der Waals surface area contributed by atoms with Gasteiger partial charge in [0.15, 0.2) is 0 Å². The van der Waals surface area contributed by atoms with Crippen LogP contribution < -0.4 is 10.2 Å². The molecule has 0 fully saturated rings. The molecule has 0 atom stereocenters. The minimum atomic E-state index is -0.376. The van der Waals surface area contributed by atoms with E-state index in [0.29, 0.717) is 18.8 Å². The molecule has 1 aromatic rings. The Hall–Kier alpha value is -1.97. The molecule has 0 saturated heterocycles. The Labute approximate surface area is 115 Å². The van der Waals surface area contributed by atoms with Crippen LogP contribution in [0.5, 0.6) is 0 Å². The van der Waals surface area contributed by atoms with Crippen molar-refractivity contribution in [1.29, 1.82) is 0 Å². The lowest BCUT2D eigenvalue weighted by Gasteiger charge is -2.19. The number of hydrogen-bond acceptors (Lipinski definition) is 4. The number of hydrogen-bond donors (Lipinski definition) is 1. The SMILES string of the molecule is C=C(NCCCN(C)c1ccccc1)C(=O)OCC. The standard InChI is InChI=1S/C15H22N2O2/c1-4-19-15(18)13(2)16-11-8-12-17(3)14-9-6-5-7-10-14/h5-7,9-10,16H,2,4,8,11-12H2,1,3H3. The van der Waals surface area contributed by atoms with Gasteiger partial charge in [-0.05, 0) is 25.5 Å². The predicted octanol–water partition coefficient (Wildman–Crippen LogP) is 2.18. The first kappa shape index (κ1) is 15.1. The fourth-order valence-corrected chi connectivity index (χ4v) is 1.66. The van der Waals surface area contributed by atoms with E-state index in [0.717, 1.165) is 13.0 Å². The predicted molar refractivity (Wildman–Crippen MR) is 78.1 cm³/mol. The lowest BCUT2D eigenvalue weighted by atomic mass is 10.3. The largest absolute Gasteiger partial charge is 0.461 e. The van der Waals surface area contributed by atoms with Crippen molar-refractivity contribution >= 4 is 11.7 Å². The maximum atomic E-state index is 11.3. The van der Waals surface area contributed by atoms with E-state index in [9.17, 15) is 4.79 Å². The molecule has 0 aliphatic carbocycles. The van der Waals surface area contributed by atoms with Gasteiger partial charge in [-0.3, -0.25) is 0 Å². The summed E-state index contributed by atoms with van der Waals surface area (Å²) in [5, 5.41) is 2.98. The molecular weight excluding hydrogens is 240 g/mol. The molecule has 1 rings (SSSR count). The molecule has 0 spiro atoms. The third-order valence-corrected chi connectivity index (χ3v) is 2.73. The van der Waals surface area contributed by atoms with E-state index in [2.05, 4.69) is 36.0 Å². The number of nitrogens with one attached hydrogen (secondary N) is 1. The molecule has 0 unspecified atom stereocenters. The van der Waals surface area contributed by atoms with Gasteiger partial charge in [-0.1, -0.05) is 24.8 Å². The van der Waals surface area contributed by atoms with Crippen LogP contribution in [0.2, 0.25) is 0 Å². The first-order chi connectivity index (χ1) is 9.15. The molecule has 1 N–H and O–H groups in total. The highest BCUT2D eigenvalue weighted by Gasteiger charge is 2.06. The molecular formula is C15H22N2O2. The Balaban J connectivity index is 2.21. The molecule has 0 aliphatic heterocycles. The fraction of sp³-hybridized carbons (Fsp3) is 0.400. The first-order valence-electron chi connectivity index (χ1n) is 6.51. The molecule has 1 aromatic carbocycles. The summed E-state index contributed by atoms with van der Waals surface area (Å²) in [4.78, 5) is 13.5. The van der Waals surface area contributed by atoms with Crippen LogP contribution >= 0.6 is 0 Å². The van der Waals surface area contributed by atoms with Crippen molar-refractivity contribution < 1.29 is 9.53 Å². The Morgan fingerprint density at radius 3 is 2.68 bits per heavy atom. The second-order valence-electron chi connectivity index (χ2n) is 4.24. The van der Waals surface area contributed by atoms with E-state index < -0.39 is 0 Å². The maximum Gasteiger partial charge on any atom is 0.353 e. The van der Waals surface area contributed by atoms with Gasteiger partial charge in [0.25, 0.3) is 0 Å².